The number of primary sulfonamides is 1. The number of hydrogen-bond acceptors (Lipinski definition) is 3. The molecule has 90 valence electrons. The maximum atomic E-state index is 11.9. The average molecular weight is 320 g/mol. The highest BCUT2D eigenvalue weighted by Crippen LogP contribution is 2.29. The third-order valence-corrected chi connectivity index (χ3v) is 3.35. The molecule has 0 spiro atoms. The molecule has 1 aromatic rings. The van der Waals surface area contributed by atoms with E-state index in [1.54, 1.807) is 0 Å². The van der Waals surface area contributed by atoms with E-state index in [-0.39, 0.29) is 4.47 Å². The fourth-order valence-electron chi connectivity index (χ4n) is 0.899. The minimum atomic E-state index is -4.89. The Balaban J connectivity index is 3.19. The van der Waals surface area contributed by atoms with Crippen LogP contribution in [-0.2, 0) is 10.0 Å². The Kier molecular flexibility index (Phi) is 3.50. The number of alkyl halides is 3. The van der Waals surface area contributed by atoms with Crippen LogP contribution in [0.2, 0.25) is 0 Å². The molecule has 16 heavy (non-hydrogen) atoms. The highest BCUT2D eigenvalue weighted by Gasteiger charge is 2.31. The van der Waals surface area contributed by atoms with E-state index in [2.05, 4.69) is 20.7 Å². The molecule has 2 N–H and O–H groups in total. The molecule has 0 bridgehead atoms. The van der Waals surface area contributed by atoms with E-state index in [0.29, 0.717) is 6.07 Å². The standard InChI is InChI=1S/C7H5BrF3NO3S/c8-5-2-1-4(15-7(9,10)11)3-6(5)16(12,13)14/h1-3H,(H2,12,13,14). The van der Waals surface area contributed by atoms with Crippen LogP contribution in [0.25, 0.3) is 0 Å². The first-order chi connectivity index (χ1) is 7.09. The smallest absolute Gasteiger partial charge is 0.406 e. The quantitative estimate of drug-likeness (QED) is 0.906. The summed E-state index contributed by atoms with van der Waals surface area (Å²) in [7, 11) is -4.11. The maximum Gasteiger partial charge on any atom is 0.573 e. The summed E-state index contributed by atoms with van der Waals surface area (Å²) in [4.78, 5) is -0.478. The number of ether oxygens (including phenoxy) is 1. The Morgan fingerprint density at radius 2 is 1.88 bits per heavy atom. The van der Waals surface area contributed by atoms with Gasteiger partial charge in [0.25, 0.3) is 0 Å². The zero-order chi connectivity index (χ0) is 12.6. The van der Waals surface area contributed by atoms with E-state index >= 15 is 0 Å². The predicted molar refractivity (Wildman–Crippen MR) is 52.2 cm³/mol. The molecule has 0 fully saturated rings. The van der Waals surface area contributed by atoms with Gasteiger partial charge in [-0.15, -0.1) is 13.2 Å². The van der Waals surface area contributed by atoms with Gasteiger partial charge in [-0.25, -0.2) is 13.6 Å². The van der Waals surface area contributed by atoms with Crippen LogP contribution >= 0.6 is 15.9 Å². The summed E-state index contributed by atoms with van der Waals surface area (Å²) in [5.74, 6) is -0.653. The summed E-state index contributed by atoms with van der Waals surface area (Å²) in [5.41, 5.74) is 0. The minimum absolute atomic E-state index is 0.0597. The second kappa shape index (κ2) is 4.22. The van der Waals surface area contributed by atoms with Crippen LogP contribution in [0.15, 0.2) is 27.6 Å². The molecule has 0 aliphatic carbocycles. The van der Waals surface area contributed by atoms with E-state index in [1.165, 1.54) is 0 Å². The lowest BCUT2D eigenvalue weighted by Crippen LogP contribution is -2.18. The summed E-state index contributed by atoms with van der Waals surface area (Å²) in [6, 6.07) is 2.75. The first-order valence-corrected chi connectivity index (χ1v) is 6.01. The van der Waals surface area contributed by atoms with Gasteiger partial charge in [-0.3, -0.25) is 0 Å². The van der Waals surface area contributed by atoms with Gasteiger partial charge in [0.2, 0.25) is 10.0 Å². The van der Waals surface area contributed by atoms with E-state index in [9.17, 15) is 21.6 Å². The van der Waals surface area contributed by atoms with Crippen LogP contribution in [0.1, 0.15) is 0 Å². The van der Waals surface area contributed by atoms with E-state index in [4.69, 9.17) is 5.14 Å². The number of benzene rings is 1. The lowest BCUT2D eigenvalue weighted by atomic mass is 10.3. The van der Waals surface area contributed by atoms with E-state index in [1.807, 2.05) is 0 Å². The molecule has 0 heterocycles. The van der Waals surface area contributed by atoms with Crippen molar-refractivity contribution in [2.75, 3.05) is 0 Å². The lowest BCUT2D eigenvalue weighted by molar-refractivity contribution is -0.274. The Morgan fingerprint density at radius 3 is 2.31 bits per heavy atom. The summed E-state index contributed by atoms with van der Waals surface area (Å²) >= 11 is 2.85. The van der Waals surface area contributed by atoms with Crippen molar-refractivity contribution in [2.45, 2.75) is 11.3 Å². The van der Waals surface area contributed by atoms with Crippen molar-refractivity contribution in [3.05, 3.63) is 22.7 Å². The van der Waals surface area contributed by atoms with Gasteiger partial charge in [0, 0.05) is 10.5 Å². The largest absolute Gasteiger partial charge is 0.573 e. The average Bonchev–Trinajstić information content (AvgIpc) is 2.04. The van der Waals surface area contributed by atoms with Gasteiger partial charge >= 0.3 is 6.36 Å². The molecule has 4 nitrogen and oxygen atoms in total. The number of nitrogens with two attached hydrogens (primary N) is 1. The summed E-state index contributed by atoms with van der Waals surface area (Å²) in [5, 5.41) is 4.80. The molecule has 0 aliphatic heterocycles. The molecule has 0 aliphatic rings. The van der Waals surface area contributed by atoms with E-state index < -0.39 is 27.0 Å². The van der Waals surface area contributed by atoms with Crippen molar-refractivity contribution < 1.29 is 26.3 Å². The van der Waals surface area contributed by atoms with Gasteiger partial charge in [-0.2, -0.15) is 0 Å². The molecule has 0 amide bonds. The first kappa shape index (κ1) is 13.3. The molecule has 0 aromatic heterocycles. The van der Waals surface area contributed by atoms with Crippen LogP contribution in [0.4, 0.5) is 13.2 Å². The zero-order valence-electron chi connectivity index (χ0n) is 7.45. The number of halogens is 4. The van der Waals surface area contributed by atoms with E-state index in [0.717, 1.165) is 12.1 Å². The Hall–Kier alpha value is -0.800. The van der Waals surface area contributed by atoms with Gasteiger partial charge in [0.1, 0.15) is 5.75 Å². The zero-order valence-corrected chi connectivity index (χ0v) is 9.86. The Morgan fingerprint density at radius 1 is 1.31 bits per heavy atom. The van der Waals surface area contributed by atoms with Gasteiger partial charge in [-0.1, -0.05) is 0 Å². The van der Waals surface area contributed by atoms with Gasteiger partial charge in [0.15, 0.2) is 0 Å². The maximum absolute atomic E-state index is 11.9. The molecule has 0 atom stereocenters. The molecular formula is C7H5BrF3NO3S. The minimum Gasteiger partial charge on any atom is -0.406 e. The van der Waals surface area contributed by atoms with Gasteiger partial charge in [-0.05, 0) is 28.1 Å². The topological polar surface area (TPSA) is 69.4 Å². The van der Waals surface area contributed by atoms with Gasteiger partial charge in [0.05, 0.1) is 4.90 Å². The predicted octanol–water partition coefficient (Wildman–Crippen LogP) is 2.00. The Labute approximate surface area is 97.4 Å². The number of rotatable bonds is 2. The van der Waals surface area contributed by atoms with Crippen molar-refractivity contribution in [3.8, 4) is 5.75 Å². The fourth-order valence-corrected chi connectivity index (χ4v) is 2.44. The second-order valence-electron chi connectivity index (χ2n) is 2.69. The highest BCUT2D eigenvalue weighted by molar-refractivity contribution is 9.10. The van der Waals surface area contributed by atoms with Crippen molar-refractivity contribution in [1.82, 2.24) is 0 Å². The summed E-state index contributed by atoms with van der Waals surface area (Å²) in [6.07, 6.45) is -4.89. The normalized spacial score (nSPS) is 12.6. The van der Waals surface area contributed by atoms with Gasteiger partial charge < -0.3 is 4.74 Å². The third-order valence-electron chi connectivity index (χ3n) is 1.44. The van der Waals surface area contributed by atoms with Crippen LogP contribution in [0, 0.1) is 0 Å². The Bertz CT molecular complexity index is 500. The number of hydrogen-bond donors (Lipinski definition) is 1. The van der Waals surface area contributed by atoms with Crippen LogP contribution in [0.3, 0.4) is 0 Å². The monoisotopic (exact) mass is 319 g/mol. The molecule has 0 saturated heterocycles. The molecular weight excluding hydrogens is 315 g/mol. The summed E-state index contributed by atoms with van der Waals surface area (Å²) < 4.78 is 61.1. The van der Waals surface area contributed by atoms with Crippen molar-refractivity contribution >= 4 is 26.0 Å². The molecule has 1 rings (SSSR count). The molecule has 0 unspecified atom stereocenters. The SMILES string of the molecule is NS(=O)(=O)c1cc(OC(F)(F)F)ccc1Br. The third kappa shape index (κ3) is 3.65. The first-order valence-electron chi connectivity index (χ1n) is 3.68. The number of sulfonamides is 1. The molecule has 0 saturated carbocycles. The highest BCUT2D eigenvalue weighted by atomic mass is 79.9. The van der Waals surface area contributed by atoms with Crippen LogP contribution in [-0.4, -0.2) is 14.8 Å². The van der Waals surface area contributed by atoms with Crippen LogP contribution in [0.5, 0.6) is 5.75 Å². The molecule has 0 radical (unpaired) electrons. The molecule has 1 aromatic carbocycles. The van der Waals surface area contributed by atoms with Crippen molar-refractivity contribution in [1.29, 1.82) is 0 Å². The lowest BCUT2D eigenvalue weighted by Gasteiger charge is -2.10. The molecule has 9 heteroatoms. The van der Waals surface area contributed by atoms with Crippen molar-refractivity contribution in [3.63, 3.8) is 0 Å². The fraction of sp³-hybridized carbons (Fsp3) is 0.143. The van der Waals surface area contributed by atoms with Crippen LogP contribution < -0.4 is 9.88 Å². The summed E-state index contributed by atoms with van der Waals surface area (Å²) in [6.45, 7) is 0. The second-order valence-corrected chi connectivity index (χ2v) is 5.07. The van der Waals surface area contributed by atoms with Crippen molar-refractivity contribution in [2.24, 2.45) is 5.14 Å².